The van der Waals surface area contributed by atoms with Gasteiger partial charge >= 0.3 is 0 Å². The van der Waals surface area contributed by atoms with E-state index in [0.29, 0.717) is 6.54 Å². The highest BCUT2D eigenvalue weighted by Gasteiger charge is 2.26. The fourth-order valence-corrected chi connectivity index (χ4v) is 2.14. The molecule has 0 fully saturated rings. The molecule has 0 spiro atoms. The normalized spacial score (nSPS) is 13.6. The molecular weight excluding hydrogens is 268 g/mol. The van der Waals surface area contributed by atoms with Crippen LogP contribution in [0.2, 0.25) is 0 Å². The molecule has 0 aromatic carbocycles. The first-order valence-electron chi connectivity index (χ1n) is 7.11. The molecule has 112 valence electrons. The molecule has 2 aromatic rings. The van der Waals surface area contributed by atoms with E-state index in [9.17, 15) is 4.79 Å². The Kier molecular flexibility index (Phi) is 5.36. The number of hydrogen-bond donors (Lipinski definition) is 1. The molecule has 1 amide bonds. The van der Waals surface area contributed by atoms with Gasteiger partial charge in [0, 0.05) is 18.9 Å². The zero-order valence-corrected chi connectivity index (χ0v) is 12.3. The summed E-state index contributed by atoms with van der Waals surface area (Å²) in [5, 5.41) is 14.0. The van der Waals surface area contributed by atoms with Gasteiger partial charge in [-0.2, -0.15) is 0 Å². The standard InChI is InChI=1S/C14H20N6O/c1-3-11(2)13(20-10-17-18-19-20)14(21)16-9-6-12-4-7-15-8-5-12/h4-5,7-8,10-11,13H,3,6,9H2,1-2H3,(H,16,21)/t11-,13-/m0/s1. The number of carbonyl (C=O) groups is 1. The van der Waals surface area contributed by atoms with Crippen molar-refractivity contribution in [3.63, 3.8) is 0 Å². The van der Waals surface area contributed by atoms with Crippen LogP contribution in [0.4, 0.5) is 0 Å². The van der Waals surface area contributed by atoms with E-state index >= 15 is 0 Å². The first kappa shape index (κ1) is 15.1. The highest BCUT2D eigenvalue weighted by Crippen LogP contribution is 2.19. The van der Waals surface area contributed by atoms with E-state index in [1.54, 1.807) is 12.4 Å². The maximum atomic E-state index is 12.4. The second-order valence-corrected chi connectivity index (χ2v) is 5.02. The Morgan fingerprint density at radius 3 is 2.76 bits per heavy atom. The molecule has 0 aliphatic rings. The molecule has 1 N–H and O–H groups in total. The van der Waals surface area contributed by atoms with Crippen molar-refractivity contribution in [1.82, 2.24) is 30.5 Å². The summed E-state index contributed by atoms with van der Waals surface area (Å²) in [7, 11) is 0. The second-order valence-electron chi connectivity index (χ2n) is 5.02. The van der Waals surface area contributed by atoms with Gasteiger partial charge in [-0.3, -0.25) is 9.78 Å². The smallest absolute Gasteiger partial charge is 0.245 e. The molecule has 2 rings (SSSR count). The Morgan fingerprint density at radius 1 is 1.38 bits per heavy atom. The molecule has 0 saturated carbocycles. The Morgan fingerprint density at radius 2 is 2.14 bits per heavy atom. The maximum absolute atomic E-state index is 12.4. The van der Waals surface area contributed by atoms with E-state index in [4.69, 9.17) is 0 Å². The van der Waals surface area contributed by atoms with Crippen LogP contribution in [0.3, 0.4) is 0 Å². The summed E-state index contributed by atoms with van der Waals surface area (Å²) in [6.07, 6.45) is 6.64. The molecule has 0 radical (unpaired) electrons. The van der Waals surface area contributed by atoms with Gasteiger partial charge in [-0.1, -0.05) is 20.3 Å². The Balaban J connectivity index is 1.93. The van der Waals surface area contributed by atoms with Gasteiger partial charge in [0.05, 0.1) is 0 Å². The third kappa shape index (κ3) is 4.08. The van der Waals surface area contributed by atoms with E-state index in [2.05, 4.69) is 25.8 Å². The van der Waals surface area contributed by atoms with Crippen molar-refractivity contribution in [3.8, 4) is 0 Å². The molecule has 0 saturated heterocycles. The maximum Gasteiger partial charge on any atom is 0.245 e. The molecule has 21 heavy (non-hydrogen) atoms. The largest absolute Gasteiger partial charge is 0.354 e. The zero-order valence-electron chi connectivity index (χ0n) is 12.3. The molecule has 2 aromatic heterocycles. The molecule has 2 heterocycles. The first-order chi connectivity index (χ1) is 10.2. The van der Waals surface area contributed by atoms with Gasteiger partial charge in [0.25, 0.3) is 0 Å². The molecule has 0 unspecified atom stereocenters. The van der Waals surface area contributed by atoms with Crippen LogP contribution in [0.1, 0.15) is 31.9 Å². The molecule has 2 atom stereocenters. The quantitative estimate of drug-likeness (QED) is 0.822. The lowest BCUT2D eigenvalue weighted by Crippen LogP contribution is -2.37. The van der Waals surface area contributed by atoms with E-state index in [0.717, 1.165) is 18.4 Å². The summed E-state index contributed by atoms with van der Waals surface area (Å²) in [4.78, 5) is 16.4. The Bertz CT molecular complexity index is 542. The van der Waals surface area contributed by atoms with Crippen LogP contribution in [0.15, 0.2) is 30.9 Å². The van der Waals surface area contributed by atoms with Crippen molar-refractivity contribution >= 4 is 5.91 Å². The van der Waals surface area contributed by atoms with Crippen LogP contribution in [0.25, 0.3) is 0 Å². The van der Waals surface area contributed by atoms with Crippen molar-refractivity contribution in [1.29, 1.82) is 0 Å². The average Bonchev–Trinajstić information content (AvgIpc) is 3.02. The lowest BCUT2D eigenvalue weighted by atomic mass is 9.98. The summed E-state index contributed by atoms with van der Waals surface area (Å²) in [6.45, 7) is 4.65. The average molecular weight is 288 g/mol. The number of amides is 1. The lowest BCUT2D eigenvalue weighted by molar-refractivity contribution is -0.126. The molecule has 0 aliphatic heterocycles. The molecule has 0 bridgehead atoms. The van der Waals surface area contributed by atoms with Crippen molar-refractivity contribution in [2.24, 2.45) is 5.92 Å². The summed E-state index contributed by atoms with van der Waals surface area (Å²) in [5.74, 6) is 0.111. The highest BCUT2D eigenvalue weighted by molar-refractivity contribution is 5.80. The van der Waals surface area contributed by atoms with Gasteiger partial charge in [-0.05, 0) is 40.5 Å². The number of nitrogens with one attached hydrogen (secondary N) is 1. The van der Waals surface area contributed by atoms with Crippen LogP contribution >= 0.6 is 0 Å². The van der Waals surface area contributed by atoms with Crippen molar-refractivity contribution in [2.75, 3.05) is 6.54 Å². The summed E-state index contributed by atoms with van der Waals surface area (Å²) in [5.41, 5.74) is 1.15. The van der Waals surface area contributed by atoms with Gasteiger partial charge in [0.2, 0.25) is 5.91 Å². The minimum Gasteiger partial charge on any atom is -0.354 e. The van der Waals surface area contributed by atoms with E-state index in [-0.39, 0.29) is 17.9 Å². The number of hydrogen-bond acceptors (Lipinski definition) is 5. The number of pyridine rings is 1. The topological polar surface area (TPSA) is 85.6 Å². The number of tetrazole rings is 1. The number of nitrogens with zero attached hydrogens (tertiary/aromatic N) is 5. The summed E-state index contributed by atoms with van der Waals surface area (Å²) >= 11 is 0. The van der Waals surface area contributed by atoms with Gasteiger partial charge in [-0.25, -0.2) is 4.68 Å². The third-order valence-corrected chi connectivity index (χ3v) is 3.56. The van der Waals surface area contributed by atoms with Crippen molar-refractivity contribution in [3.05, 3.63) is 36.4 Å². The monoisotopic (exact) mass is 288 g/mol. The van der Waals surface area contributed by atoms with E-state index in [1.165, 1.54) is 11.0 Å². The van der Waals surface area contributed by atoms with E-state index in [1.807, 2.05) is 26.0 Å². The number of carbonyl (C=O) groups excluding carboxylic acids is 1. The van der Waals surface area contributed by atoms with Crippen LogP contribution in [-0.4, -0.2) is 37.6 Å². The first-order valence-corrected chi connectivity index (χ1v) is 7.11. The Labute approximate surface area is 123 Å². The highest BCUT2D eigenvalue weighted by atomic mass is 16.2. The fraction of sp³-hybridized carbons (Fsp3) is 0.500. The van der Waals surface area contributed by atoms with Crippen LogP contribution in [-0.2, 0) is 11.2 Å². The lowest BCUT2D eigenvalue weighted by Gasteiger charge is -2.21. The van der Waals surface area contributed by atoms with Gasteiger partial charge in [0.15, 0.2) is 0 Å². The molecule has 7 heteroatoms. The van der Waals surface area contributed by atoms with Gasteiger partial charge in [-0.15, -0.1) is 5.10 Å². The molecule has 7 nitrogen and oxygen atoms in total. The zero-order chi connectivity index (χ0) is 15.1. The van der Waals surface area contributed by atoms with Gasteiger partial charge in [0.1, 0.15) is 12.4 Å². The minimum absolute atomic E-state index is 0.0503. The predicted octanol–water partition coefficient (Wildman–Crippen LogP) is 1.01. The van der Waals surface area contributed by atoms with E-state index < -0.39 is 0 Å². The molecular formula is C14H20N6O. The minimum atomic E-state index is -0.373. The summed E-state index contributed by atoms with van der Waals surface area (Å²) < 4.78 is 1.52. The van der Waals surface area contributed by atoms with Crippen LogP contribution in [0, 0.1) is 5.92 Å². The fourth-order valence-electron chi connectivity index (χ4n) is 2.14. The van der Waals surface area contributed by atoms with Crippen LogP contribution in [0.5, 0.6) is 0 Å². The number of rotatable bonds is 7. The van der Waals surface area contributed by atoms with Gasteiger partial charge < -0.3 is 5.32 Å². The van der Waals surface area contributed by atoms with Crippen LogP contribution < -0.4 is 5.32 Å². The second kappa shape index (κ2) is 7.47. The Hall–Kier alpha value is -2.31. The van der Waals surface area contributed by atoms with Crippen molar-refractivity contribution < 1.29 is 4.79 Å². The molecule has 0 aliphatic carbocycles. The summed E-state index contributed by atoms with van der Waals surface area (Å²) in [6, 6.07) is 3.52. The SMILES string of the molecule is CC[C@H](C)[C@@H](C(=O)NCCc1ccncc1)n1cnnn1. The predicted molar refractivity (Wildman–Crippen MR) is 77.3 cm³/mol. The third-order valence-electron chi connectivity index (χ3n) is 3.56. The van der Waals surface area contributed by atoms with Crippen molar-refractivity contribution in [2.45, 2.75) is 32.7 Å². The number of aromatic nitrogens is 5.